The number of nitrogens with one attached hydrogen (secondary N) is 2. The minimum absolute atomic E-state index is 0.233. The van der Waals surface area contributed by atoms with Crippen LogP contribution in [0.25, 0.3) is 0 Å². The fourth-order valence-electron chi connectivity index (χ4n) is 6.59. The SMILES string of the molecule is CCCCCCCCCCCCCCCCCCOC(=O)NCCOCC#CC#CCOCCNC(=O)OCCCCCCCCCCCCCCCCCC. The summed E-state index contributed by atoms with van der Waals surface area (Å²) < 4.78 is 21.3. The Morgan fingerprint density at radius 2 is 0.607 bits per heavy atom. The first kappa shape index (κ1) is 53.6. The molecule has 0 bridgehead atoms. The highest BCUT2D eigenvalue weighted by Gasteiger charge is 2.02. The van der Waals surface area contributed by atoms with E-state index < -0.39 is 12.2 Å². The fourth-order valence-corrected chi connectivity index (χ4v) is 6.59. The normalized spacial score (nSPS) is 10.7. The predicted molar refractivity (Wildman–Crippen MR) is 235 cm³/mol. The molecule has 0 fully saturated rings. The van der Waals surface area contributed by atoms with E-state index >= 15 is 0 Å². The summed E-state index contributed by atoms with van der Waals surface area (Å²) in [6.07, 6.45) is 41.6. The van der Waals surface area contributed by atoms with Crippen molar-refractivity contribution in [3.8, 4) is 23.7 Å². The molecular weight excluding hydrogens is 701 g/mol. The van der Waals surface area contributed by atoms with Crippen molar-refractivity contribution in [2.24, 2.45) is 0 Å². The molecule has 8 nitrogen and oxygen atoms in total. The Balaban J connectivity index is 3.35. The third kappa shape index (κ3) is 47.7. The van der Waals surface area contributed by atoms with Crippen molar-refractivity contribution in [1.29, 1.82) is 0 Å². The van der Waals surface area contributed by atoms with Crippen molar-refractivity contribution in [1.82, 2.24) is 10.6 Å². The number of amides is 2. The summed E-state index contributed by atoms with van der Waals surface area (Å²) in [6, 6.07) is 0. The molecular formula is C48H88N2O6. The molecule has 2 amide bonds. The van der Waals surface area contributed by atoms with Gasteiger partial charge in [-0.05, 0) is 24.7 Å². The van der Waals surface area contributed by atoms with Gasteiger partial charge in [-0.3, -0.25) is 0 Å². The largest absolute Gasteiger partial charge is 0.450 e. The van der Waals surface area contributed by atoms with Crippen LogP contribution in [0, 0.1) is 23.7 Å². The van der Waals surface area contributed by atoms with Crippen LogP contribution in [-0.4, -0.2) is 64.9 Å². The molecule has 2 N–H and O–H groups in total. The quantitative estimate of drug-likeness (QED) is 0.0472. The third-order valence-corrected chi connectivity index (χ3v) is 10.1. The Bertz CT molecular complexity index is 877. The van der Waals surface area contributed by atoms with Gasteiger partial charge in [0.15, 0.2) is 0 Å². The van der Waals surface area contributed by atoms with Gasteiger partial charge in [-0.1, -0.05) is 218 Å². The van der Waals surface area contributed by atoms with Gasteiger partial charge in [-0.15, -0.1) is 0 Å². The molecule has 56 heavy (non-hydrogen) atoms. The summed E-state index contributed by atoms with van der Waals surface area (Å²) in [5, 5.41) is 5.40. The molecule has 0 aliphatic carbocycles. The zero-order valence-electron chi connectivity index (χ0n) is 36.7. The molecule has 0 heterocycles. The summed E-state index contributed by atoms with van der Waals surface area (Å²) >= 11 is 0. The second-order valence-corrected chi connectivity index (χ2v) is 15.4. The second kappa shape index (κ2) is 48.7. The lowest BCUT2D eigenvalue weighted by molar-refractivity contribution is 0.132. The number of carbonyl (C=O) groups excluding carboxylic acids is 2. The van der Waals surface area contributed by atoms with Crippen LogP contribution in [-0.2, 0) is 18.9 Å². The van der Waals surface area contributed by atoms with E-state index in [9.17, 15) is 9.59 Å². The average molecular weight is 789 g/mol. The van der Waals surface area contributed by atoms with Crippen LogP contribution in [0.4, 0.5) is 9.59 Å². The number of rotatable bonds is 42. The first-order valence-corrected chi connectivity index (χ1v) is 23.6. The number of carbonyl (C=O) groups is 2. The minimum Gasteiger partial charge on any atom is -0.450 e. The average Bonchev–Trinajstić information content (AvgIpc) is 3.20. The van der Waals surface area contributed by atoms with Gasteiger partial charge in [0.25, 0.3) is 0 Å². The topological polar surface area (TPSA) is 95.1 Å². The van der Waals surface area contributed by atoms with Crippen LogP contribution < -0.4 is 10.6 Å². The van der Waals surface area contributed by atoms with E-state index in [1.54, 1.807) is 0 Å². The minimum atomic E-state index is -0.399. The predicted octanol–water partition coefficient (Wildman–Crippen LogP) is 13.0. The number of hydrogen-bond donors (Lipinski definition) is 2. The number of unbranched alkanes of at least 4 members (excludes halogenated alkanes) is 30. The van der Waals surface area contributed by atoms with Gasteiger partial charge in [0.05, 0.1) is 26.4 Å². The maximum absolute atomic E-state index is 11.8. The smallest absolute Gasteiger partial charge is 0.407 e. The van der Waals surface area contributed by atoms with E-state index in [4.69, 9.17) is 18.9 Å². The van der Waals surface area contributed by atoms with Crippen LogP contribution >= 0.6 is 0 Å². The summed E-state index contributed by atoms with van der Waals surface area (Å²) in [5.74, 6) is 11.1. The standard InChI is InChI=1S/C48H88N2O6/c1-3-5-7-9-11-13-15-17-19-21-23-25-27-29-31-37-43-55-47(51)49-39-45-53-41-35-33-34-36-42-54-46-40-50-48(52)56-44-38-32-30-28-26-24-22-20-18-16-14-12-10-8-6-4-2/h3-32,37-46H2,1-2H3,(H,49,51)(H,50,52). The highest BCUT2D eigenvalue weighted by Crippen LogP contribution is 2.15. The molecule has 0 atom stereocenters. The van der Waals surface area contributed by atoms with Crippen LogP contribution in [0.3, 0.4) is 0 Å². The van der Waals surface area contributed by atoms with Gasteiger partial charge in [0.2, 0.25) is 0 Å². The number of ether oxygens (including phenoxy) is 4. The zero-order chi connectivity index (χ0) is 40.5. The lowest BCUT2D eigenvalue weighted by Crippen LogP contribution is -2.28. The van der Waals surface area contributed by atoms with Gasteiger partial charge < -0.3 is 29.6 Å². The molecule has 0 aromatic rings. The molecule has 8 heteroatoms. The zero-order valence-corrected chi connectivity index (χ0v) is 36.7. The summed E-state index contributed by atoms with van der Waals surface area (Å²) in [7, 11) is 0. The number of hydrogen-bond acceptors (Lipinski definition) is 6. The maximum atomic E-state index is 11.8. The Morgan fingerprint density at radius 1 is 0.357 bits per heavy atom. The van der Waals surface area contributed by atoms with Crippen molar-refractivity contribution in [3.63, 3.8) is 0 Å². The summed E-state index contributed by atoms with van der Waals surface area (Å²) in [4.78, 5) is 23.6. The maximum Gasteiger partial charge on any atom is 0.407 e. The lowest BCUT2D eigenvalue weighted by atomic mass is 10.0. The molecule has 0 aromatic carbocycles. The molecule has 0 saturated carbocycles. The molecule has 0 spiro atoms. The first-order chi connectivity index (χ1) is 27.7. The highest BCUT2D eigenvalue weighted by molar-refractivity contribution is 5.67. The van der Waals surface area contributed by atoms with Crippen LogP contribution in [0.1, 0.15) is 219 Å². The van der Waals surface area contributed by atoms with Crippen LogP contribution in [0.5, 0.6) is 0 Å². The van der Waals surface area contributed by atoms with Crippen molar-refractivity contribution in [3.05, 3.63) is 0 Å². The van der Waals surface area contributed by atoms with Crippen molar-refractivity contribution >= 4 is 12.2 Å². The molecule has 0 unspecified atom stereocenters. The van der Waals surface area contributed by atoms with E-state index in [-0.39, 0.29) is 13.2 Å². The van der Waals surface area contributed by atoms with E-state index in [1.165, 1.54) is 180 Å². The second-order valence-electron chi connectivity index (χ2n) is 15.4. The van der Waals surface area contributed by atoms with Gasteiger partial charge in [0, 0.05) is 13.1 Å². The molecule has 0 saturated heterocycles. The van der Waals surface area contributed by atoms with E-state index in [2.05, 4.69) is 48.2 Å². The third-order valence-electron chi connectivity index (χ3n) is 10.1. The van der Waals surface area contributed by atoms with Crippen molar-refractivity contribution in [2.75, 3.05) is 52.7 Å². The van der Waals surface area contributed by atoms with Crippen LogP contribution in [0.2, 0.25) is 0 Å². The molecule has 0 aromatic heterocycles. The summed E-state index contributed by atoms with van der Waals surface area (Å²) in [6.45, 7) is 7.40. The van der Waals surface area contributed by atoms with Gasteiger partial charge in [0.1, 0.15) is 13.2 Å². The Morgan fingerprint density at radius 3 is 0.875 bits per heavy atom. The van der Waals surface area contributed by atoms with Crippen molar-refractivity contribution < 1.29 is 28.5 Å². The number of alkyl carbamates (subject to hydrolysis) is 2. The Hall–Kier alpha value is -2.42. The first-order valence-electron chi connectivity index (χ1n) is 23.6. The lowest BCUT2D eigenvalue weighted by Gasteiger charge is -2.07. The molecule has 0 aliphatic rings. The van der Waals surface area contributed by atoms with Crippen LogP contribution in [0.15, 0.2) is 0 Å². The molecule has 0 aliphatic heterocycles. The highest BCUT2D eigenvalue weighted by atomic mass is 16.6. The van der Waals surface area contributed by atoms with Crippen molar-refractivity contribution in [2.45, 2.75) is 219 Å². The van der Waals surface area contributed by atoms with E-state index in [0.29, 0.717) is 39.5 Å². The monoisotopic (exact) mass is 789 g/mol. The Kier molecular flexibility index (Phi) is 46.6. The molecule has 0 radical (unpaired) electrons. The fraction of sp³-hybridized carbons (Fsp3) is 0.875. The molecule has 0 rings (SSSR count). The van der Waals surface area contributed by atoms with Gasteiger partial charge >= 0.3 is 12.2 Å². The van der Waals surface area contributed by atoms with Gasteiger partial charge in [-0.25, -0.2) is 9.59 Å². The Labute approximate surface area is 346 Å². The van der Waals surface area contributed by atoms with E-state index in [0.717, 1.165) is 25.7 Å². The van der Waals surface area contributed by atoms with Gasteiger partial charge in [-0.2, -0.15) is 0 Å². The molecule has 326 valence electrons. The van der Waals surface area contributed by atoms with E-state index in [1.807, 2.05) is 0 Å². The summed E-state index contributed by atoms with van der Waals surface area (Å²) in [5.41, 5.74) is 0.